The highest BCUT2D eigenvalue weighted by Crippen LogP contribution is 2.33. The molecular formula is C25H27ClN6O2. The van der Waals surface area contributed by atoms with Crippen LogP contribution < -0.4 is 4.74 Å². The van der Waals surface area contributed by atoms with Crippen molar-refractivity contribution in [2.24, 2.45) is 7.05 Å². The van der Waals surface area contributed by atoms with Crippen LogP contribution in [0.2, 0.25) is 5.02 Å². The van der Waals surface area contributed by atoms with Gasteiger partial charge in [-0.05, 0) is 30.7 Å². The van der Waals surface area contributed by atoms with Crippen LogP contribution in [0.15, 0.2) is 48.9 Å². The summed E-state index contributed by atoms with van der Waals surface area (Å²) in [6.45, 7) is 2.54. The second kappa shape index (κ2) is 9.69. The highest BCUT2D eigenvalue weighted by molar-refractivity contribution is 6.31. The summed E-state index contributed by atoms with van der Waals surface area (Å²) in [5, 5.41) is 5.77. The average Bonchev–Trinajstić information content (AvgIpc) is 3.23. The first kappa shape index (κ1) is 23.5. The molecule has 0 N–H and O–H groups in total. The van der Waals surface area contributed by atoms with Gasteiger partial charge in [0.05, 0.1) is 10.7 Å². The van der Waals surface area contributed by atoms with Crippen molar-refractivity contribution in [1.29, 1.82) is 0 Å². The number of hydrogen-bond donors (Lipinski definition) is 0. The Balaban J connectivity index is 1.67. The SMILES string of the molecule is Cc1cc(-c2ccnn2C)c2cccc(OCc3c(Cl)cncc3CN(C)C(=O)N(C)C)c2n1. The van der Waals surface area contributed by atoms with Crippen molar-refractivity contribution in [2.75, 3.05) is 21.1 Å². The van der Waals surface area contributed by atoms with Gasteiger partial charge in [0.2, 0.25) is 0 Å². The number of benzene rings is 1. The Morgan fingerprint density at radius 2 is 1.97 bits per heavy atom. The standard InChI is InChI=1S/C25H27ClN6O2/c1-16-11-19(22-9-10-28-32(22)5)18-7-6-8-23(24(18)29-16)34-15-20-17(12-27-13-21(20)26)14-31(4)25(33)30(2)3/h6-13H,14-15H2,1-5H3. The molecule has 2 amide bonds. The summed E-state index contributed by atoms with van der Waals surface area (Å²) in [4.78, 5) is 24.4. The van der Waals surface area contributed by atoms with Crippen LogP contribution in [0.25, 0.3) is 22.2 Å². The van der Waals surface area contributed by atoms with Crippen LogP contribution in [0.5, 0.6) is 5.75 Å². The molecule has 4 rings (SSSR count). The van der Waals surface area contributed by atoms with E-state index in [-0.39, 0.29) is 12.6 Å². The third-order valence-electron chi connectivity index (χ3n) is 5.61. The average molecular weight is 479 g/mol. The molecule has 4 aromatic rings. The van der Waals surface area contributed by atoms with Crippen LogP contribution in [0.3, 0.4) is 0 Å². The molecule has 0 fully saturated rings. The fourth-order valence-corrected chi connectivity index (χ4v) is 4.16. The Morgan fingerprint density at radius 1 is 1.18 bits per heavy atom. The largest absolute Gasteiger partial charge is 0.487 e. The van der Waals surface area contributed by atoms with E-state index in [9.17, 15) is 4.79 Å². The monoisotopic (exact) mass is 478 g/mol. The highest BCUT2D eigenvalue weighted by Gasteiger charge is 2.17. The number of ether oxygens (including phenoxy) is 1. The van der Waals surface area contributed by atoms with Crippen molar-refractivity contribution in [2.45, 2.75) is 20.1 Å². The third-order valence-corrected chi connectivity index (χ3v) is 5.94. The summed E-state index contributed by atoms with van der Waals surface area (Å²) < 4.78 is 8.11. The van der Waals surface area contributed by atoms with Gasteiger partial charge in [0.1, 0.15) is 17.9 Å². The summed E-state index contributed by atoms with van der Waals surface area (Å²) in [6.07, 6.45) is 5.09. The minimum absolute atomic E-state index is 0.108. The molecule has 176 valence electrons. The van der Waals surface area contributed by atoms with Crippen LogP contribution in [0.4, 0.5) is 4.79 Å². The zero-order chi connectivity index (χ0) is 24.4. The van der Waals surface area contributed by atoms with E-state index >= 15 is 0 Å². The van der Waals surface area contributed by atoms with Gasteiger partial charge in [-0.2, -0.15) is 5.10 Å². The topological polar surface area (TPSA) is 76.4 Å². The lowest BCUT2D eigenvalue weighted by molar-refractivity contribution is 0.179. The first-order valence-electron chi connectivity index (χ1n) is 10.8. The number of para-hydroxylation sites is 1. The number of hydrogen-bond acceptors (Lipinski definition) is 5. The number of fused-ring (bicyclic) bond motifs is 1. The predicted molar refractivity (Wildman–Crippen MR) is 133 cm³/mol. The van der Waals surface area contributed by atoms with Gasteiger partial charge >= 0.3 is 6.03 Å². The molecule has 0 unspecified atom stereocenters. The van der Waals surface area contributed by atoms with Gasteiger partial charge in [0.25, 0.3) is 0 Å². The fourth-order valence-electron chi connectivity index (χ4n) is 3.93. The maximum absolute atomic E-state index is 12.3. The molecule has 3 heterocycles. The number of aromatic nitrogens is 4. The Kier molecular flexibility index (Phi) is 6.70. The predicted octanol–water partition coefficient (Wildman–Crippen LogP) is 4.68. The lowest BCUT2D eigenvalue weighted by atomic mass is 10.0. The van der Waals surface area contributed by atoms with Gasteiger partial charge in [-0.3, -0.25) is 9.67 Å². The second-order valence-electron chi connectivity index (χ2n) is 8.38. The van der Waals surface area contributed by atoms with Crippen LogP contribution >= 0.6 is 11.6 Å². The van der Waals surface area contributed by atoms with E-state index in [1.807, 2.05) is 42.9 Å². The van der Waals surface area contributed by atoms with Gasteiger partial charge in [-0.1, -0.05) is 23.7 Å². The molecule has 0 saturated heterocycles. The molecule has 0 bridgehead atoms. The van der Waals surface area contributed by atoms with Crippen LogP contribution in [0.1, 0.15) is 16.8 Å². The first-order valence-corrected chi connectivity index (χ1v) is 11.2. The van der Waals surface area contributed by atoms with Crippen LogP contribution in [-0.2, 0) is 20.2 Å². The molecule has 0 aliphatic carbocycles. The molecule has 0 aliphatic heterocycles. The van der Waals surface area contributed by atoms with Gasteiger partial charge in [0.15, 0.2) is 0 Å². The Bertz CT molecular complexity index is 1350. The quantitative estimate of drug-likeness (QED) is 0.402. The van der Waals surface area contributed by atoms with Crippen molar-refractivity contribution in [3.05, 3.63) is 70.8 Å². The number of pyridine rings is 2. The van der Waals surface area contributed by atoms with Crippen LogP contribution in [0, 0.1) is 6.92 Å². The summed E-state index contributed by atoms with van der Waals surface area (Å²) in [5.41, 5.74) is 5.30. The fraction of sp³-hybridized carbons (Fsp3) is 0.280. The molecular weight excluding hydrogens is 452 g/mol. The zero-order valence-electron chi connectivity index (χ0n) is 19.9. The molecule has 0 spiro atoms. The molecule has 0 atom stereocenters. The van der Waals surface area contributed by atoms with Gasteiger partial charge < -0.3 is 14.5 Å². The zero-order valence-corrected chi connectivity index (χ0v) is 20.7. The number of amides is 2. The van der Waals surface area contributed by atoms with Gasteiger partial charge in [-0.15, -0.1) is 0 Å². The number of aryl methyl sites for hydroxylation is 2. The smallest absolute Gasteiger partial charge is 0.319 e. The van der Waals surface area contributed by atoms with Crippen molar-refractivity contribution in [3.8, 4) is 17.0 Å². The molecule has 9 heteroatoms. The van der Waals surface area contributed by atoms with E-state index < -0.39 is 0 Å². The van der Waals surface area contributed by atoms with Gasteiger partial charge in [0, 0.05) is 75.5 Å². The van der Waals surface area contributed by atoms with E-state index in [1.165, 1.54) is 4.90 Å². The first-order chi connectivity index (χ1) is 16.3. The lowest BCUT2D eigenvalue weighted by Crippen LogP contribution is -2.36. The maximum atomic E-state index is 12.3. The van der Waals surface area contributed by atoms with E-state index in [1.54, 1.807) is 44.6 Å². The number of halogens is 1. The van der Waals surface area contributed by atoms with Crippen LogP contribution in [-0.4, -0.2) is 56.7 Å². The summed E-state index contributed by atoms with van der Waals surface area (Å²) >= 11 is 6.49. The van der Waals surface area contributed by atoms with E-state index in [4.69, 9.17) is 21.3 Å². The lowest BCUT2D eigenvalue weighted by Gasteiger charge is -2.23. The van der Waals surface area contributed by atoms with Crippen molar-refractivity contribution in [3.63, 3.8) is 0 Å². The minimum Gasteiger partial charge on any atom is -0.487 e. The number of urea groups is 1. The number of nitrogens with zero attached hydrogens (tertiary/aromatic N) is 6. The normalized spacial score (nSPS) is 11.0. The number of rotatable bonds is 6. The van der Waals surface area contributed by atoms with Crippen molar-refractivity contribution in [1.82, 2.24) is 29.5 Å². The van der Waals surface area contributed by atoms with E-state index in [0.717, 1.165) is 39.0 Å². The molecule has 0 radical (unpaired) electrons. The van der Waals surface area contributed by atoms with E-state index in [0.29, 0.717) is 17.3 Å². The number of carbonyl (C=O) groups excluding carboxylic acids is 1. The number of carbonyl (C=O) groups is 1. The third kappa shape index (κ3) is 4.68. The summed E-state index contributed by atoms with van der Waals surface area (Å²) in [6, 6.07) is 9.81. The summed E-state index contributed by atoms with van der Waals surface area (Å²) in [5.74, 6) is 0.654. The molecule has 8 nitrogen and oxygen atoms in total. The minimum atomic E-state index is -0.108. The van der Waals surface area contributed by atoms with Crippen molar-refractivity contribution < 1.29 is 9.53 Å². The molecule has 1 aromatic carbocycles. The van der Waals surface area contributed by atoms with Crippen molar-refractivity contribution >= 4 is 28.5 Å². The Hall–Kier alpha value is -3.65. The Labute approximate surface area is 203 Å². The molecule has 3 aromatic heterocycles. The maximum Gasteiger partial charge on any atom is 0.319 e. The van der Waals surface area contributed by atoms with Gasteiger partial charge in [-0.25, -0.2) is 9.78 Å². The molecule has 0 aliphatic rings. The summed E-state index contributed by atoms with van der Waals surface area (Å²) in [7, 11) is 7.09. The van der Waals surface area contributed by atoms with E-state index in [2.05, 4.69) is 16.1 Å². The molecule has 34 heavy (non-hydrogen) atoms. The Morgan fingerprint density at radius 3 is 2.68 bits per heavy atom. The second-order valence-corrected chi connectivity index (χ2v) is 8.79. The highest BCUT2D eigenvalue weighted by atomic mass is 35.5. The molecule has 0 saturated carbocycles.